The fourth-order valence-corrected chi connectivity index (χ4v) is 2.21. The lowest BCUT2D eigenvalue weighted by Gasteiger charge is -2.22. The van der Waals surface area contributed by atoms with Crippen molar-refractivity contribution in [2.45, 2.75) is 6.54 Å². The Kier molecular flexibility index (Phi) is 6.45. The number of ether oxygens (including phenoxy) is 2. The van der Waals surface area contributed by atoms with E-state index in [0.29, 0.717) is 30.8 Å². The molecule has 1 aromatic heterocycles. The van der Waals surface area contributed by atoms with E-state index in [-0.39, 0.29) is 5.91 Å². The number of carbonyl (C=O) groups excluding carboxylic acids is 2. The molecule has 0 fully saturated rings. The molecule has 0 N–H and O–H groups in total. The van der Waals surface area contributed by atoms with Gasteiger partial charge in [-0.3, -0.25) is 9.78 Å². The van der Waals surface area contributed by atoms with Gasteiger partial charge in [0.25, 0.3) is 5.91 Å². The van der Waals surface area contributed by atoms with Crippen LogP contribution in [0.5, 0.6) is 0 Å². The van der Waals surface area contributed by atoms with E-state index in [2.05, 4.69) is 9.72 Å². The van der Waals surface area contributed by atoms with Crippen molar-refractivity contribution in [3.8, 4) is 0 Å². The monoisotopic (exact) mass is 328 g/mol. The number of hydrogen-bond donors (Lipinski definition) is 0. The number of amides is 1. The Morgan fingerprint density at radius 3 is 2.21 bits per heavy atom. The normalized spacial score (nSPS) is 10.2. The Hall–Kier alpha value is -2.73. The number of hydrogen-bond acceptors (Lipinski definition) is 5. The van der Waals surface area contributed by atoms with Crippen LogP contribution in [0.2, 0.25) is 0 Å². The van der Waals surface area contributed by atoms with Gasteiger partial charge in [-0.25, -0.2) is 4.79 Å². The summed E-state index contributed by atoms with van der Waals surface area (Å²) in [5.74, 6) is -0.553. The quantitative estimate of drug-likeness (QED) is 0.729. The lowest BCUT2D eigenvalue weighted by atomic mass is 10.1. The van der Waals surface area contributed by atoms with E-state index < -0.39 is 5.97 Å². The summed E-state index contributed by atoms with van der Waals surface area (Å²) in [6.07, 6.45) is 3.39. The summed E-state index contributed by atoms with van der Waals surface area (Å²) in [7, 11) is 2.92. The number of benzene rings is 1. The van der Waals surface area contributed by atoms with Crippen LogP contribution in [0.25, 0.3) is 0 Å². The van der Waals surface area contributed by atoms with E-state index in [1.165, 1.54) is 7.11 Å². The zero-order valence-corrected chi connectivity index (χ0v) is 13.8. The predicted octanol–water partition coefficient (Wildman–Crippen LogP) is 2.16. The Bertz CT molecular complexity index is 671. The van der Waals surface area contributed by atoms with E-state index in [0.717, 1.165) is 5.56 Å². The highest BCUT2D eigenvalue weighted by molar-refractivity contribution is 5.96. The van der Waals surface area contributed by atoms with Gasteiger partial charge >= 0.3 is 5.97 Å². The zero-order chi connectivity index (χ0) is 17.4. The average Bonchev–Trinajstić information content (AvgIpc) is 2.65. The third-order valence-electron chi connectivity index (χ3n) is 3.53. The molecule has 0 atom stereocenters. The van der Waals surface area contributed by atoms with Crippen molar-refractivity contribution < 1.29 is 19.1 Å². The third kappa shape index (κ3) is 4.63. The number of methoxy groups -OCH3 is 2. The molecule has 1 heterocycles. The van der Waals surface area contributed by atoms with E-state index in [9.17, 15) is 9.59 Å². The first-order chi connectivity index (χ1) is 11.7. The molecule has 126 valence electrons. The van der Waals surface area contributed by atoms with Crippen molar-refractivity contribution >= 4 is 11.9 Å². The topological polar surface area (TPSA) is 68.7 Å². The summed E-state index contributed by atoms with van der Waals surface area (Å²) in [5, 5.41) is 0. The second kappa shape index (κ2) is 8.79. The van der Waals surface area contributed by atoms with Gasteiger partial charge in [0.05, 0.1) is 19.3 Å². The average molecular weight is 328 g/mol. The molecule has 0 radical (unpaired) electrons. The van der Waals surface area contributed by atoms with Crippen LogP contribution in [0.4, 0.5) is 0 Å². The highest BCUT2D eigenvalue weighted by Gasteiger charge is 2.17. The maximum atomic E-state index is 12.7. The lowest BCUT2D eigenvalue weighted by Crippen LogP contribution is -2.33. The Labute approximate surface area is 141 Å². The summed E-state index contributed by atoms with van der Waals surface area (Å²) in [4.78, 5) is 29.9. The van der Waals surface area contributed by atoms with E-state index in [1.807, 2.05) is 12.1 Å². The number of esters is 1. The van der Waals surface area contributed by atoms with Crippen LogP contribution in [0, 0.1) is 0 Å². The van der Waals surface area contributed by atoms with Crippen LogP contribution in [0.15, 0.2) is 48.8 Å². The molecule has 6 nitrogen and oxygen atoms in total. The summed E-state index contributed by atoms with van der Waals surface area (Å²) in [6.45, 7) is 1.37. The largest absolute Gasteiger partial charge is 0.465 e. The molecule has 24 heavy (non-hydrogen) atoms. The number of pyridine rings is 1. The van der Waals surface area contributed by atoms with Crippen molar-refractivity contribution in [1.82, 2.24) is 9.88 Å². The Balaban J connectivity index is 2.15. The van der Waals surface area contributed by atoms with Crippen LogP contribution < -0.4 is 0 Å². The van der Waals surface area contributed by atoms with Crippen molar-refractivity contribution in [3.05, 3.63) is 65.5 Å². The number of rotatable bonds is 7. The zero-order valence-electron chi connectivity index (χ0n) is 13.8. The summed E-state index contributed by atoms with van der Waals surface area (Å²) < 4.78 is 9.75. The molecule has 0 aliphatic rings. The molecule has 1 aromatic carbocycles. The fraction of sp³-hybridized carbons (Fsp3) is 0.278. The fourth-order valence-electron chi connectivity index (χ4n) is 2.21. The molecular formula is C18H20N2O4. The van der Waals surface area contributed by atoms with Crippen molar-refractivity contribution in [3.63, 3.8) is 0 Å². The first-order valence-corrected chi connectivity index (χ1v) is 7.51. The van der Waals surface area contributed by atoms with Crippen LogP contribution in [-0.4, -0.2) is 49.1 Å². The summed E-state index contributed by atoms with van der Waals surface area (Å²) in [6, 6.07) is 10.2. The third-order valence-corrected chi connectivity index (χ3v) is 3.53. The second-order valence-corrected chi connectivity index (χ2v) is 5.14. The molecule has 0 saturated heterocycles. The second-order valence-electron chi connectivity index (χ2n) is 5.14. The number of carbonyl (C=O) groups is 2. The highest BCUT2D eigenvalue weighted by Crippen LogP contribution is 2.12. The van der Waals surface area contributed by atoms with Gasteiger partial charge < -0.3 is 14.4 Å². The van der Waals surface area contributed by atoms with E-state index >= 15 is 0 Å². The minimum atomic E-state index is -0.429. The number of nitrogens with zero attached hydrogens (tertiary/aromatic N) is 2. The first-order valence-electron chi connectivity index (χ1n) is 7.51. The van der Waals surface area contributed by atoms with Gasteiger partial charge in [0, 0.05) is 38.2 Å². The molecule has 2 rings (SSSR count). The van der Waals surface area contributed by atoms with Crippen molar-refractivity contribution in [2.75, 3.05) is 27.4 Å². The van der Waals surface area contributed by atoms with Crippen LogP contribution in [0.3, 0.4) is 0 Å². The SMILES string of the molecule is COCCN(Cc1ccncc1)C(=O)c1ccc(C(=O)OC)cc1. The van der Waals surface area contributed by atoms with Crippen molar-refractivity contribution in [1.29, 1.82) is 0 Å². The molecule has 0 unspecified atom stereocenters. The minimum absolute atomic E-state index is 0.125. The molecule has 6 heteroatoms. The van der Waals surface area contributed by atoms with Gasteiger partial charge in [0.1, 0.15) is 0 Å². The van der Waals surface area contributed by atoms with Crippen LogP contribution >= 0.6 is 0 Å². The molecule has 0 aliphatic carbocycles. The van der Waals surface area contributed by atoms with Gasteiger partial charge in [-0.1, -0.05) is 0 Å². The maximum Gasteiger partial charge on any atom is 0.337 e. The van der Waals surface area contributed by atoms with Gasteiger partial charge in [-0.15, -0.1) is 0 Å². The Morgan fingerprint density at radius 2 is 1.62 bits per heavy atom. The van der Waals surface area contributed by atoms with E-state index in [4.69, 9.17) is 4.74 Å². The minimum Gasteiger partial charge on any atom is -0.465 e. The Morgan fingerprint density at radius 1 is 1.00 bits per heavy atom. The van der Waals surface area contributed by atoms with E-state index in [1.54, 1.807) is 48.7 Å². The lowest BCUT2D eigenvalue weighted by molar-refractivity contribution is 0.0599. The van der Waals surface area contributed by atoms with Crippen LogP contribution in [0.1, 0.15) is 26.3 Å². The summed E-state index contributed by atoms with van der Waals surface area (Å²) in [5.41, 5.74) is 1.90. The maximum absolute atomic E-state index is 12.7. The highest BCUT2D eigenvalue weighted by atomic mass is 16.5. The smallest absolute Gasteiger partial charge is 0.337 e. The molecular weight excluding hydrogens is 308 g/mol. The predicted molar refractivity (Wildman–Crippen MR) is 88.6 cm³/mol. The van der Waals surface area contributed by atoms with Gasteiger partial charge in [-0.2, -0.15) is 0 Å². The number of aromatic nitrogens is 1. The van der Waals surface area contributed by atoms with Gasteiger partial charge in [0.2, 0.25) is 0 Å². The molecule has 2 aromatic rings. The van der Waals surface area contributed by atoms with Gasteiger partial charge in [-0.05, 0) is 42.0 Å². The van der Waals surface area contributed by atoms with Gasteiger partial charge in [0.15, 0.2) is 0 Å². The molecule has 0 saturated carbocycles. The first kappa shape index (κ1) is 17.6. The molecule has 0 spiro atoms. The van der Waals surface area contributed by atoms with Crippen LogP contribution in [-0.2, 0) is 16.0 Å². The molecule has 0 aliphatic heterocycles. The molecule has 0 bridgehead atoms. The molecule has 1 amide bonds. The standard InChI is InChI=1S/C18H20N2O4/c1-23-12-11-20(13-14-7-9-19-10-8-14)17(21)15-3-5-16(6-4-15)18(22)24-2/h3-10H,11-13H2,1-2H3. The van der Waals surface area contributed by atoms with Crippen molar-refractivity contribution in [2.24, 2.45) is 0 Å². The summed E-state index contributed by atoms with van der Waals surface area (Å²) >= 11 is 0.